The zero-order valence-electron chi connectivity index (χ0n) is 12.0. The molecule has 1 saturated carbocycles. The van der Waals surface area contributed by atoms with Crippen molar-refractivity contribution < 1.29 is 9.47 Å². The van der Waals surface area contributed by atoms with Crippen molar-refractivity contribution in [3.8, 4) is 11.5 Å². The summed E-state index contributed by atoms with van der Waals surface area (Å²) in [6, 6.07) is 5.91. The van der Waals surface area contributed by atoms with E-state index in [0.717, 1.165) is 41.7 Å². The number of ether oxygens (including phenoxy) is 2. The SMILES string of the molecule is COc1ccc(CCl)cc1OC1CC(C)CC(C)C1. The lowest BCUT2D eigenvalue weighted by Gasteiger charge is -2.32. The van der Waals surface area contributed by atoms with Gasteiger partial charge in [0.2, 0.25) is 0 Å². The highest BCUT2D eigenvalue weighted by Gasteiger charge is 2.26. The second kappa shape index (κ2) is 6.51. The Bertz CT molecular complexity index is 409. The molecule has 0 saturated heterocycles. The van der Waals surface area contributed by atoms with E-state index >= 15 is 0 Å². The molecule has 1 fully saturated rings. The van der Waals surface area contributed by atoms with Gasteiger partial charge in [0.25, 0.3) is 0 Å². The van der Waals surface area contributed by atoms with Crippen LogP contribution in [0.4, 0.5) is 0 Å². The molecule has 19 heavy (non-hydrogen) atoms. The summed E-state index contributed by atoms with van der Waals surface area (Å²) in [4.78, 5) is 0. The van der Waals surface area contributed by atoms with Crippen LogP contribution in [-0.2, 0) is 5.88 Å². The van der Waals surface area contributed by atoms with Crippen LogP contribution in [0.2, 0.25) is 0 Å². The van der Waals surface area contributed by atoms with Crippen molar-refractivity contribution in [2.45, 2.75) is 45.1 Å². The first-order valence-corrected chi connectivity index (χ1v) is 7.55. The lowest BCUT2D eigenvalue weighted by molar-refractivity contribution is 0.0979. The van der Waals surface area contributed by atoms with Gasteiger partial charge in [0.05, 0.1) is 13.2 Å². The summed E-state index contributed by atoms with van der Waals surface area (Å²) < 4.78 is 11.5. The summed E-state index contributed by atoms with van der Waals surface area (Å²) in [6.45, 7) is 4.61. The Hall–Kier alpha value is -0.890. The van der Waals surface area contributed by atoms with Crippen LogP contribution in [0.1, 0.15) is 38.7 Å². The Balaban J connectivity index is 2.12. The molecule has 2 rings (SSSR count). The molecule has 1 aromatic rings. The monoisotopic (exact) mass is 282 g/mol. The molecule has 0 aromatic heterocycles. The summed E-state index contributed by atoms with van der Waals surface area (Å²) in [5, 5.41) is 0. The zero-order chi connectivity index (χ0) is 13.8. The fraction of sp³-hybridized carbons (Fsp3) is 0.625. The van der Waals surface area contributed by atoms with Gasteiger partial charge in [0.15, 0.2) is 11.5 Å². The summed E-state index contributed by atoms with van der Waals surface area (Å²) in [6.07, 6.45) is 3.84. The number of methoxy groups -OCH3 is 1. The van der Waals surface area contributed by atoms with Crippen LogP contribution in [0.3, 0.4) is 0 Å². The molecule has 0 radical (unpaired) electrons. The molecule has 1 aliphatic rings. The lowest BCUT2D eigenvalue weighted by atomic mass is 9.82. The van der Waals surface area contributed by atoms with Gasteiger partial charge in [0, 0.05) is 5.88 Å². The fourth-order valence-electron chi connectivity index (χ4n) is 3.05. The predicted octanol–water partition coefficient (Wildman–Crippen LogP) is 4.64. The molecule has 2 unspecified atom stereocenters. The molecule has 0 amide bonds. The Morgan fingerprint density at radius 3 is 2.37 bits per heavy atom. The van der Waals surface area contributed by atoms with Crippen LogP contribution in [0, 0.1) is 11.8 Å². The smallest absolute Gasteiger partial charge is 0.161 e. The van der Waals surface area contributed by atoms with Crippen LogP contribution in [-0.4, -0.2) is 13.2 Å². The van der Waals surface area contributed by atoms with Crippen LogP contribution in [0.25, 0.3) is 0 Å². The number of alkyl halides is 1. The highest BCUT2D eigenvalue weighted by atomic mass is 35.5. The number of benzene rings is 1. The third-order valence-electron chi connectivity index (χ3n) is 3.81. The Morgan fingerprint density at radius 1 is 1.11 bits per heavy atom. The molecule has 2 nitrogen and oxygen atoms in total. The first-order chi connectivity index (χ1) is 9.12. The average Bonchev–Trinajstić information content (AvgIpc) is 2.37. The number of halogens is 1. The predicted molar refractivity (Wildman–Crippen MR) is 79.1 cm³/mol. The van der Waals surface area contributed by atoms with Gasteiger partial charge in [0.1, 0.15) is 0 Å². The summed E-state index contributed by atoms with van der Waals surface area (Å²) in [5.41, 5.74) is 1.06. The van der Waals surface area contributed by atoms with E-state index < -0.39 is 0 Å². The van der Waals surface area contributed by atoms with Crippen LogP contribution >= 0.6 is 11.6 Å². The van der Waals surface area contributed by atoms with E-state index in [1.54, 1.807) is 7.11 Å². The minimum Gasteiger partial charge on any atom is -0.493 e. The molecule has 3 heteroatoms. The van der Waals surface area contributed by atoms with E-state index in [0.29, 0.717) is 12.0 Å². The van der Waals surface area contributed by atoms with Crippen LogP contribution in [0.5, 0.6) is 11.5 Å². The van der Waals surface area contributed by atoms with Gasteiger partial charge >= 0.3 is 0 Å². The molecule has 0 bridgehead atoms. The summed E-state index contributed by atoms with van der Waals surface area (Å²) in [5.74, 6) is 3.58. The van der Waals surface area contributed by atoms with Crippen molar-refractivity contribution >= 4 is 11.6 Å². The quantitative estimate of drug-likeness (QED) is 0.749. The average molecular weight is 283 g/mol. The van der Waals surface area contributed by atoms with Crippen LogP contribution in [0.15, 0.2) is 18.2 Å². The molecule has 0 spiro atoms. The van der Waals surface area contributed by atoms with Crippen molar-refractivity contribution in [3.63, 3.8) is 0 Å². The standard InChI is InChI=1S/C16H23ClO2/c1-11-6-12(2)8-14(7-11)19-16-9-13(10-17)4-5-15(16)18-3/h4-5,9,11-12,14H,6-8,10H2,1-3H3. The largest absolute Gasteiger partial charge is 0.493 e. The van der Waals surface area contributed by atoms with Crippen LogP contribution < -0.4 is 9.47 Å². The van der Waals surface area contributed by atoms with E-state index in [1.165, 1.54) is 6.42 Å². The van der Waals surface area contributed by atoms with Crippen molar-refractivity contribution in [2.24, 2.45) is 11.8 Å². The Labute approximate surface area is 121 Å². The topological polar surface area (TPSA) is 18.5 Å². The van der Waals surface area contributed by atoms with Gasteiger partial charge in [-0.2, -0.15) is 0 Å². The first kappa shape index (κ1) is 14.5. The van der Waals surface area contributed by atoms with Crippen molar-refractivity contribution in [1.82, 2.24) is 0 Å². The van der Waals surface area contributed by atoms with Gasteiger partial charge in [-0.15, -0.1) is 11.6 Å². The van der Waals surface area contributed by atoms with Gasteiger partial charge in [-0.3, -0.25) is 0 Å². The highest BCUT2D eigenvalue weighted by Crippen LogP contribution is 2.35. The second-order valence-corrected chi connectivity index (χ2v) is 6.04. The van der Waals surface area contributed by atoms with E-state index in [2.05, 4.69) is 13.8 Å². The van der Waals surface area contributed by atoms with Crippen molar-refractivity contribution in [3.05, 3.63) is 23.8 Å². The minimum absolute atomic E-state index is 0.290. The normalized spacial score (nSPS) is 27.1. The maximum atomic E-state index is 6.18. The van der Waals surface area contributed by atoms with E-state index in [-0.39, 0.29) is 0 Å². The maximum absolute atomic E-state index is 6.18. The van der Waals surface area contributed by atoms with E-state index in [4.69, 9.17) is 21.1 Å². The second-order valence-electron chi connectivity index (χ2n) is 5.78. The molecular weight excluding hydrogens is 260 g/mol. The van der Waals surface area contributed by atoms with Crippen molar-refractivity contribution in [2.75, 3.05) is 7.11 Å². The number of rotatable bonds is 4. The van der Waals surface area contributed by atoms with E-state index in [1.807, 2.05) is 18.2 Å². The number of hydrogen-bond donors (Lipinski definition) is 0. The summed E-state index contributed by atoms with van der Waals surface area (Å²) >= 11 is 5.89. The van der Waals surface area contributed by atoms with Gasteiger partial charge in [-0.1, -0.05) is 19.9 Å². The summed E-state index contributed by atoms with van der Waals surface area (Å²) in [7, 11) is 1.68. The molecule has 2 atom stereocenters. The van der Waals surface area contributed by atoms with Gasteiger partial charge in [-0.25, -0.2) is 0 Å². The minimum atomic E-state index is 0.290. The molecule has 1 aromatic carbocycles. The molecule has 0 N–H and O–H groups in total. The Morgan fingerprint density at radius 2 is 1.79 bits per heavy atom. The maximum Gasteiger partial charge on any atom is 0.161 e. The first-order valence-electron chi connectivity index (χ1n) is 7.02. The molecular formula is C16H23ClO2. The zero-order valence-corrected chi connectivity index (χ0v) is 12.7. The molecule has 106 valence electrons. The third kappa shape index (κ3) is 3.79. The van der Waals surface area contributed by atoms with Gasteiger partial charge < -0.3 is 9.47 Å². The lowest BCUT2D eigenvalue weighted by Crippen LogP contribution is -2.28. The van der Waals surface area contributed by atoms with E-state index in [9.17, 15) is 0 Å². The number of hydrogen-bond acceptors (Lipinski definition) is 2. The molecule has 0 heterocycles. The third-order valence-corrected chi connectivity index (χ3v) is 4.12. The fourth-order valence-corrected chi connectivity index (χ4v) is 3.21. The Kier molecular flexibility index (Phi) is 4.98. The molecule has 1 aliphatic carbocycles. The van der Waals surface area contributed by atoms with Crippen molar-refractivity contribution in [1.29, 1.82) is 0 Å². The highest BCUT2D eigenvalue weighted by molar-refractivity contribution is 6.17. The molecule has 0 aliphatic heterocycles. The van der Waals surface area contributed by atoms with Gasteiger partial charge in [-0.05, 0) is 48.8 Å².